The van der Waals surface area contributed by atoms with Crippen molar-refractivity contribution in [1.29, 1.82) is 0 Å². The molecule has 4 heteroatoms. The number of para-hydroxylation sites is 1. The van der Waals surface area contributed by atoms with Gasteiger partial charge in [-0.15, -0.1) is 0 Å². The number of hydrogen-bond donors (Lipinski definition) is 0. The van der Waals surface area contributed by atoms with Crippen LogP contribution < -0.4 is 10.3 Å². The highest BCUT2D eigenvalue weighted by molar-refractivity contribution is 6.00. The second-order valence-corrected chi connectivity index (χ2v) is 2.64. The molecule has 1 heterocycles. The summed E-state index contributed by atoms with van der Waals surface area (Å²) in [6.07, 6.45) is 0. The molecule has 1 aromatic heterocycles. The number of hydrogen-bond acceptors (Lipinski definition) is 3. The minimum absolute atomic E-state index is 0.235. The van der Waals surface area contributed by atoms with E-state index in [-0.39, 0.29) is 5.75 Å². The normalized spacial score (nSPS) is 10.2. The van der Waals surface area contributed by atoms with Crippen molar-refractivity contribution >= 4 is 19.0 Å². The van der Waals surface area contributed by atoms with Crippen LogP contribution in [0.2, 0.25) is 0 Å². The molecule has 0 unspecified atom stereocenters. The molecule has 0 aliphatic rings. The Morgan fingerprint density at radius 2 is 2.08 bits per heavy atom. The van der Waals surface area contributed by atoms with Gasteiger partial charge in [-0.3, -0.25) is 0 Å². The second kappa shape index (κ2) is 2.97. The summed E-state index contributed by atoms with van der Waals surface area (Å²) in [6, 6.07) is 8.97. The lowest BCUT2D eigenvalue weighted by molar-refractivity contribution is 0.504. The van der Waals surface area contributed by atoms with Crippen molar-refractivity contribution in [2.75, 3.05) is 0 Å². The summed E-state index contributed by atoms with van der Waals surface area (Å²) in [5.74, 6) is 0.235. The van der Waals surface area contributed by atoms with Crippen LogP contribution in [-0.4, -0.2) is 8.05 Å². The van der Waals surface area contributed by atoms with Crippen LogP contribution in [0.1, 0.15) is 0 Å². The van der Waals surface area contributed by atoms with Gasteiger partial charge in [-0.2, -0.15) is 0 Å². The molecule has 0 saturated heterocycles. The van der Waals surface area contributed by atoms with Gasteiger partial charge in [0.2, 0.25) is 0 Å². The van der Waals surface area contributed by atoms with E-state index in [9.17, 15) is 4.79 Å². The van der Waals surface area contributed by atoms with Crippen molar-refractivity contribution in [3.8, 4) is 5.75 Å². The Hall–Kier alpha value is -1.71. The largest absolute Gasteiger partial charge is 0.563 e. The first kappa shape index (κ1) is 7.92. The minimum Gasteiger partial charge on any atom is -0.563 e. The summed E-state index contributed by atoms with van der Waals surface area (Å²) >= 11 is 0. The lowest BCUT2D eigenvalue weighted by Crippen LogP contribution is -2.03. The monoisotopic (exact) mass is 174 g/mol. The maximum Gasteiger partial charge on any atom is 0.377 e. The van der Waals surface area contributed by atoms with Crippen molar-refractivity contribution in [3.05, 3.63) is 40.8 Å². The summed E-state index contributed by atoms with van der Waals surface area (Å²) in [4.78, 5) is 11.2. The summed E-state index contributed by atoms with van der Waals surface area (Å²) in [7, 11) is 1.45. The highest BCUT2D eigenvalue weighted by Crippen LogP contribution is 2.15. The van der Waals surface area contributed by atoms with Crippen LogP contribution in [0.25, 0.3) is 11.0 Å². The van der Waals surface area contributed by atoms with Crippen molar-refractivity contribution in [2.24, 2.45) is 0 Å². The predicted octanol–water partition coefficient (Wildman–Crippen LogP) is 0.720. The Morgan fingerprint density at radius 3 is 2.85 bits per heavy atom. The lowest BCUT2D eigenvalue weighted by Gasteiger charge is -1.99. The third-order valence-electron chi connectivity index (χ3n) is 1.83. The van der Waals surface area contributed by atoms with E-state index >= 15 is 0 Å². The Labute approximate surface area is 75.4 Å². The molecule has 0 spiro atoms. The zero-order valence-electron chi connectivity index (χ0n) is 7.11. The van der Waals surface area contributed by atoms with Gasteiger partial charge < -0.3 is 9.07 Å². The Kier molecular flexibility index (Phi) is 1.81. The standard InChI is InChI=1S/C9H7BO3/c10-13-8-5-6-3-1-2-4-7(6)12-9(8)11/h1-5H,10H2. The topological polar surface area (TPSA) is 39.4 Å². The van der Waals surface area contributed by atoms with Crippen LogP contribution in [0.4, 0.5) is 0 Å². The van der Waals surface area contributed by atoms with Gasteiger partial charge in [0, 0.05) is 5.39 Å². The molecule has 0 saturated carbocycles. The van der Waals surface area contributed by atoms with Crippen LogP contribution in [0.3, 0.4) is 0 Å². The van der Waals surface area contributed by atoms with E-state index in [4.69, 9.17) is 9.07 Å². The average molecular weight is 174 g/mol. The molecule has 0 aliphatic carbocycles. The van der Waals surface area contributed by atoms with Crippen LogP contribution in [0, 0.1) is 0 Å². The van der Waals surface area contributed by atoms with Crippen molar-refractivity contribution in [1.82, 2.24) is 0 Å². The Balaban J connectivity index is 2.81. The van der Waals surface area contributed by atoms with E-state index in [0.29, 0.717) is 5.58 Å². The van der Waals surface area contributed by atoms with Crippen LogP contribution in [0.15, 0.2) is 39.5 Å². The third-order valence-corrected chi connectivity index (χ3v) is 1.83. The zero-order valence-corrected chi connectivity index (χ0v) is 7.11. The molecule has 0 radical (unpaired) electrons. The molecule has 0 bridgehead atoms. The predicted molar refractivity (Wildman–Crippen MR) is 51.7 cm³/mol. The van der Waals surface area contributed by atoms with Crippen LogP contribution in [-0.2, 0) is 0 Å². The molecule has 13 heavy (non-hydrogen) atoms. The molecule has 0 aliphatic heterocycles. The fraction of sp³-hybridized carbons (Fsp3) is 0. The van der Waals surface area contributed by atoms with E-state index in [2.05, 4.69) is 0 Å². The lowest BCUT2D eigenvalue weighted by atomic mass is 10.2. The van der Waals surface area contributed by atoms with Crippen molar-refractivity contribution < 1.29 is 9.07 Å². The molecule has 2 aromatic rings. The Bertz CT molecular complexity index is 489. The fourth-order valence-electron chi connectivity index (χ4n) is 1.19. The maximum absolute atomic E-state index is 11.2. The molecule has 64 valence electrons. The molecule has 0 fully saturated rings. The van der Waals surface area contributed by atoms with E-state index in [1.807, 2.05) is 18.2 Å². The summed E-state index contributed by atoms with van der Waals surface area (Å²) in [5.41, 5.74) is 0.134. The smallest absolute Gasteiger partial charge is 0.377 e. The van der Waals surface area contributed by atoms with E-state index in [0.717, 1.165) is 5.39 Å². The minimum atomic E-state index is -0.443. The molecule has 2 rings (SSSR count). The number of benzene rings is 1. The first-order valence-electron chi connectivity index (χ1n) is 3.88. The quantitative estimate of drug-likeness (QED) is 0.472. The van der Waals surface area contributed by atoms with E-state index in [1.54, 1.807) is 12.1 Å². The first-order chi connectivity index (χ1) is 6.31. The molecule has 1 aromatic carbocycles. The van der Waals surface area contributed by atoms with Gasteiger partial charge in [0.15, 0.2) is 5.75 Å². The van der Waals surface area contributed by atoms with Gasteiger partial charge in [0.25, 0.3) is 0 Å². The van der Waals surface area contributed by atoms with Gasteiger partial charge in [-0.1, -0.05) is 18.2 Å². The van der Waals surface area contributed by atoms with Crippen LogP contribution >= 0.6 is 0 Å². The zero-order chi connectivity index (χ0) is 9.26. The van der Waals surface area contributed by atoms with Gasteiger partial charge in [-0.05, 0) is 12.1 Å². The summed E-state index contributed by atoms with van der Waals surface area (Å²) < 4.78 is 9.85. The van der Waals surface area contributed by atoms with Crippen LogP contribution in [0.5, 0.6) is 5.75 Å². The molecule has 3 nitrogen and oxygen atoms in total. The van der Waals surface area contributed by atoms with E-state index in [1.165, 1.54) is 8.05 Å². The van der Waals surface area contributed by atoms with Gasteiger partial charge in [0.05, 0.1) is 0 Å². The summed E-state index contributed by atoms with van der Waals surface area (Å²) in [6.45, 7) is 0. The van der Waals surface area contributed by atoms with Crippen molar-refractivity contribution in [3.63, 3.8) is 0 Å². The third kappa shape index (κ3) is 1.31. The maximum atomic E-state index is 11.2. The van der Waals surface area contributed by atoms with Gasteiger partial charge in [-0.25, -0.2) is 4.79 Å². The molecule has 0 atom stereocenters. The molecule has 0 N–H and O–H groups in total. The number of rotatable bonds is 1. The first-order valence-corrected chi connectivity index (χ1v) is 3.88. The Morgan fingerprint density at radius 1 is 1.31 bits per heavy atom. The van der Waals surface area contributed by atoms with Gasteiger partial charge >= 0.3 is 13.7 Å². The molecular weight excluding hydrogens is 167 g/mol. The highest BCUT2D eigenvalue weighted by atomic mass is 16.5. The average Bonchev–Trinajstić information content (AvgIpc) is 2.17. The number of fused-ring (bicyclic) bond motifs is 1. The molecule has 0 amide bonds. The highest BCUT2D eigenvalue weighted by Gasteiger charge is 2.02. The van der Waals surface area contributed by atoms with Crippen molar-refractivity contribution in [2.45, 2.75) is 0 Å². The van der Waals surface area contributed by atoms with E-state index < -0.39 is 5.63 Å². The fourth-order valence-corrected chi connectivity index (χ4v) is 1.19. The molecular formula is C9H7BO3. The van der Waals surface area contributed by atoms with Gasteiger partial charge in [0.1, 0.15) is 5.58 Å². The SMILES string of the molecule is BOc1cc2ccccc2oc1=O. The second-order valence-electron chi connectivity index (χ2n) is 2.64. The summed E-state index contributed by atoms with van der Waals surface area (Å²) in [5, 5.41) is 0.860.